The average Bonchev–Trinajstić information content (AvgIpc) is 3.85. The first-order valence-electron chi connectivity index (χ1n) is 17.8. The number of ether oxygens (including phenoxy) is 2. The van der Waals surface area contributed by atoms with Gasteiger partial charge in [-0.05, 0) is 75.0 Å². The van der Waals surface area contributed by atoms with E-state index in [0.29, 0.717) is 43.6 Å². The van der Waals surface area contributed by atoms with Crippen LogP contribution in [-0.4, -0.2) is 88.8 Å². The zero-order chi connectivity index (χ0) is 36.3. The molecule has 4 amide bonds. The van der Waals surface area contributed by atoms with Crippen LogP contribution >= 0.6 is 0 Å². The summed E-state index contributed by atoms with van der Waals surface area (Å²) in [7, 11) is -3.99. The maximum atomic E-state index is 14.4. The number of carboxylic acid groups (broad SMARTS) is 1. The van der Waals surface area contributed by atoms with E-state index in [-0.39, 0.29) is 25.3 Å². The minimum absolute atomic E-state index is 0.0240. The number of nitrogens with one attached hydrogen (secondary N) is 3. The highest BCUT2D eigenvalue weighted by molar-refractivity contribution is 7.91. The first kappa shape index (κ1) is 35.0. The Morgan fingerprint density at radius 1 is 1.14 bits per heavy atom. The number of nitrogens with zero attached hydrogens (tertiary/aromatic N) is 2. The third kappa shape index (κ3) is 6.60. The Labute approximate surface area is 296 Å². The highest BCUT2D eigenvalue weighted by Gasteiger charge is 2.63. The number of sulfonamides is 1. The van der Waals surface area contributed by atoms with Gasteiger partial charge in [0.15, 0.2) is 0 Å². The average molecular weight is 724 g/mol. The Morgan fingerprint density at radius 2 is 1.92 bits per heavy atom. The third-order valence-electron chi connectivity index (χ3n) is 11.4. The normalized spacial score (nSPS) is 31.5. The van der Waals surface area contributed by atoms with E-state index in [9.17, 15) is 32.7 Å². The summed E-state index contributed by atoms with van der Waals surface area (Å²) in [5.74, 6) is -1.70. The number of amides is 4. The van der Waals surface area contributed by atoms with Gasteiger partial charge in [-0.3, -0.25) is 19.1 Å². The molecular weight excluding hydrogens is 678 g/mol. The summed E-state index contributed by atoms with van der Waals surface area (Å²) in [6.45, 7) is 5.96. The maximum absolute atomic E-state index is 14.4. The van der Waals surface area contributed by atoms with E-state index < -0.39 is 74.1 Å². The van der Waals surface area contributed by atoms with Crippen LogP contribution in [0, 0.1) is 17.8 Å². The van der Waals surface area contributed by atoms with Crippen LogP contribution in [0.2, 0.25) is 0 Å². The second-order valence-corrected chi connectivity index (χ2v) is 17.4. The lowest BCUT2D eigenvalue weighted by molar-refractivity contribution is -0.142. The van der Waals surface area contributed by atoms with Crippen molar-refractivity contribution < 1.29 is 42.2 Å². The number of hydrogen-bond acceptors (Lipinski definition) is 9. The van der Waals surface area contributed by atoms with Gasteiger partial charge in [0.05, 0.1) is 17.9 Å². The lowest BCUT2D eigenvalue weighted by Crippen LogP contribution is -2.59. The van der Waals surface area contributed by atoms with Gasteiger partial charge in [0, 0.05) is 35.7 Å². The Kier molecular flexibility index (Phi) is 8.91. The zero-order valence-corrected chi connectivity index (χ0v) is 29.8. The lowest BCUT2D eigenvalue weighted by Gasteiger charge is -2.32. The molecule has 2 aromatic rings. The maximum Gasteiger partial charge on any atom is 0.405 e. The van der Waals surface area contributed by atoms with E-state index in [1.54, 1.807) is 13.1 Å². The molecule has 3 aliphatic heterocycles. The standard InChI is InChI=1S/C36H45N5O9S/c1-20-6-4-5-7-23-18-36(23,33(44)40-51(47,48)35(3)12-13-35)39-30(42)27-17-24(19-41(27)32(43)28(21(2)16-20)38-34(45)46)50-31-26-9-8-22-11-15-49-29(22)25(26)10-14-37-31/h5,7-10,14,20-21,23-24,27-28,38H,4,6,11-13,15-19H2,1-3H3,(H,39,42)(H,40,44)(H,45,46)/t20-,21+,23+,24+,27-,28-,36+/m0/s1. The molecule has 14 nitrogen and oxygen atoms in total. The molecule has 274 valence electrons. The summed E-state index contributed by atoms with van der Waals surface area (Å²) >= 11 is 0. The Bertz CT molecular complexity index is 1910. The monoisotopic (exact) mass is 723 g/mol. The smallest absolute Gasteiger partial charge is 0.405 e. The van der Waals surface area contributed by atoms with Gasteiger partial charge in [-0.15, -0.1) is 0 Å². The SMILES string of the molecule is C[C@H]1CCC=C[C@@H]2C[C@@]2(C(=O)NS(=O)(=O)C2(C)CC2)NC(=O)[C@@H]2C[C@@H](Oc3nccc4c5c(ccc34)CCO5)CN2C(=O)[C@@H](NC(=O)O)[C@H](C)C1. The fraction of sp³-hybridized carbons (Fsp3) is 0.583. The number of allylic oxidation sites excluding steroid dienone is 1. The Hall–Kier alpha value is -4.40. The summed E-state index contributed by atoms with van der Waals surface area (Å²) in [4.78, 5) is 60.3. The van der Waals surface area contributed by atoms with E-state index in [1.807, 2.05) is 44.2 Å². The summed E-state index contributed by atoms with van der Waals surface area (Å²) < 4.78 is 39.7. The number of aromatic nitrogens is 1. The zero-order valence-electron chi connectivity index (χ0n) is 29.0. The quantitative estimate of drug-likeness (QED) is 0.322. The van der Waals surface area contributed by atoms with Gasteiger partial charge < -0.3 is 30.1 Å². The van der Waals surface area contributed by atoms with Crippen molar-refractivity contribution in [3.8, 4) is 11.6 Å². The first-order chi connectivity index (χ1) is 24.2. The summed E-state index contributed by atoms with van der Waals surface area (Å²) in [6.07, 6.45) is 7.15. The topological polar surface area (TPSA) is 193 Å². The van der Waals surface area contributed by atoms with Crippen LogP contribution in [-0.2, 0) is 30.8 Å². The van der Waals surface area contributed by atoms with Gasteiger partial charge in [0.2, 0.25) is 27.7 Å². The molecule has 2 saturated carbocycles. The number of hydrogen-bond donors (Lipinski definition) is 4. The molecule has 5 aliphatic rings. The van der Waals surface area contributed by atoms with E-state index in [4.69, 9.17) is 9.47 Å². The van der Waals surface area contributed by atoms with Crippen molar-refractivity contribution in [1.82, 2.24) is 25.2 Å². The minimum atomic E-state index is -3.99. The van der Waals surface area contributed by atoms with Crippen molar-refractivity contribution in [2.24, 2.45) is 17.8 Å². The van der Waals surface area contributed by atoms with Crippen LogP contribution in [0.3, 0.4) is 0 Å². The molecule has 2 aliphatic carbocycles. The molecule has 1 aromatic heterocycles. The summed E-state index contributed by atoms with van der Waals surface area (Å²) in [5, 5.41) is 16.6. The largest absolute Gasteiger partial charge is 0.492 e. The molecule has 4 N–H and O–H groups in total. The molecule has 3 fully saturated rings. The Balaban J connectivity index is 1.21. The number of fused-ring (bicyclic) bond motifs is 5. The molecule has 7 rings (SSSR count). The minimum Gasteiger partial charge on any atom is -0.492 e. The summed E-state index contributed by atoms with van der Waals surface area (Å²) in [6, 6.07) is 3.43. The van der Waals surface area contributed by atoms with E-state index in [2.05, 4.69) is 20.3 Å². The predicted octanol–water partition coefficient (Wildman–Crippen LogP) is 3.04. The van der Waals surface area contributed by atoms with Gasteiger partial charge in [0.1, 0.15) is 29.5 Å². The van der Waals surface area contributed by atoms with Gasteiger partial charge in [-0.25, -0.2) is 18.2 Å². The van der Waals surface area contributed by atoms with E-state index in [1.165, 1.54) is 4.90 Å². The van der Waals surface area contributed by atoms with E-state index >= 15 is 0 Å². The van der Waals surface area contributed by atoms with Crippen LogP contribution in [0.25, 0.3) is 10.8 Å². The van der Waals surface area contributed by atoms with Gasteiger partial charge in [-0.2, -0.15) is 0 Å². The van der Waals surface area contributed by atoms with Crippen molar-refractivity contribution >= 4 is 44.6 Å². The second-order valence-electron chi connectivity index (χ2n) is 15.3. The Morgan fingerprint density at radius 3 is 2.67 bits per heavy atom. The first-order valence-corrected chi connectivity index (χ1v) is 19.2. The number of carbonyl (C=O) groups is 4. The number of rotatable bonds is 6. The van der Waals surface area contributed by atoms with Crippen LogP contribution in [0.5, 0.6) is 11.6 Å². The fourth-order valence-corrected chi connectivity index (χ4v) is 9.17. The molecule has 4 heterocycles. The van der Waals surface area contributed by atoms with Crippen molar-refractivity contribution in [1.29, 1.82) is 0 Å². The van der Waals surface area contributed by atoms with Crippen LogP contribution in [0.4, 0.5) is 4.79 Å². The fourth-order valence-electron chi connectivity index (χ4n) is 7.86. The number of carbonyl (C=O) groups excluding carboxylic acids is 3. The van der Waals surface area contributed by atoms with Gasteiger partial charge >= 0.3 is 6.09 Å². The van der Waals surface area contributed by atoms with Crippen LogP contribution < -0.4 is 24.8 Å². The highest BCUT2D eigenvalue weighted by atomic mass is 32.2. The second kappa shape index (κ2) is 13.0. The van der Waals surface area contributed by atoms with Gasteiger partial charge in [-0.1, -0.05) is 32.1 Å². The van der Waals surface area contributed by atoms with Crippen molar-refractivity contribution in [2.75, 3.05) is 13.2 Å². The molecule has 51 heavy (non-hydrogen) atoms. The summed E-state index contributed by atoms with van der Waals surface area (Å²) in [5.41, 5.74) is -0.450. The number of benzene rings is 1. The third-order valence-corrected chi connectivity index (χ3v) is 13.5. The van der Waals surface area contributed by atoms with Crippen LogP contribution in [0.15, 0.2) is 36.5 Å². The van der Waals surface area contributed by atoms with Crippen molar-refractivity contribution in [3.63, 3.8) is 0 Å². The highest BCUT2D eigenvalue weighted by Crippen LogP contribution is 2.48. The molecule has 0 bridgehead atoms. The molecule has 1 aromatic carbocycles. The van der Waals surface area contributed by atoms with Crippen molar-refractivity contribution in [2.45, 2.75) is 101 Å². The molecule has 7 atom stereocenters. The van der Waals surface area contributed by atoms with E-state index in [0.717, 1.165) is 29.5 Å². The van der Waals surface area contributed by atoms with Crippen molar-refractivity contribution in [3.05, 3.63) is 42.1 Å². The number of pyridine rings is 1. The molecule has 0 spiro atoms. The molecule has 1 saturated heterocycles. The molecule has 15 heteroatoms. The predicted molar refractivity (Wildman–Crippen MR) is 185 cm³/mol. The van der Waals surface area contributed by atoms with Gasteiger partial charge in [0.25, 0.3) is 5.91 Å². The lowest BCUT2D eigenvalue weighted by atomic mass is 9.88. The molecular formula is C36H45N5O9S. The molecule has 0 radical (unpaired) electrons. The molecule has 0 unspecified atom stereocenters. The van der Waals surface area contributed by atoms with Crippen LogP contribution in [0.1, 0.15) is 71.3 Å².